The first-order valence-electron chi connectivity index (χ1n) is 7.69. The molecule has 5 nitrogen and oxygen atoms in total. The molecule has 0 unspecified atom stereocenters. The minimum absolute atomic E-state index is 0.341. The largest absolute Gasteiger partial charge is 0.480 e. The Bertz CT molecular complexity index is 882. The fourth-order valence-electron chi connectivity index (χ4n) is 2.57. The molecule has 0 aliphatic rings. The van der Waals surface area contributed by atoms with Crippen molar-refractivity contribution in [1.82, 2.24) is 10.2 Å². The van der Waals surface area contributed by atoms with Crippen LogP contribution >= 0.6 is 0 Å². The molecule has 0 amide bonds. The van der Waals surface area contributed by atoms with Gasteiger partial charge in [-0.15, -0.1) is 5.10 Å². The number of aromatic amines is 1. The highest BCUT2D eigenvalue weighted by molar-refractivity contribution is 5.98. The van der Waals surface area contributed by atoms with Gasteiger partial charge in [0, 0.05) is 6.08 Å². The lowest BCUT2D eigenvalue weighted by atomic mass is 9.97. The highest BCUT2D eigenvalue weighted by Crippen LogP contribution is 2.29. The Morgan fingerprint density at radius 1 is 1.17 bits per heavy atom. The molecule has 0 bridgehead atoms. The number of aromatic nitrogens is 2. The van der Waals surface area contributed by atoms with Crippen LogP contribution in [0, 0.1) is 0 Å². The SMILES string of the molecule is CCOC(=O)/C=C(\c1ccccc1)c1ccc2c(OC)n[nH]c2c1. The second-order valence-corrected chi connectivity index (χ2v) is 5.17. The Morgan fingerprint density at radius 3 is 2.67 bits per heavy atom. The van der Waals surface area contributed by atoms with E-state index >= 15 is 0 Å². The van der Waals surface area contributed by atoms with Crippen molar-refractivity contribution in [2.45, 2.75) is 6.92 Å². The van der Waals surface area contributed by atoms with Gasteiger partial charge in [0.05, 0.1) is 24.6 Å². The average Bonchev–Trinajstić information content (AvgIpc) is 3.03. The van der Waals surface area contributed by atoms with E-state index in [4.69, 9.17) is 9.47 Å². The van der Waals surface area contributed by atoms with Gasteiger partial charge in [0.1, 0.15) is 0 Å². The number of fused-ring (bicyclic) bond motifs is 1. The lowest BCUT2D eigenvalue weighted by Crippen LogP contribution is -2.01. The number of hydrogen-bond acceptors (Lipinski definition) is 4. The van der Waals surface area contributed by atoms with Gasteiger partial charge >= 0.3 is 5.97 Å². The molecule has 0 aliphatic heterocycles. The monoisotopic (exact) mass is 322 g/mol. The lowest BCUT2D eigenvalue weighted by molar-refractivity contribution is -0.137. The maximum Gasteiger partial charge on any atom is 0.331 e. The number of esters is 1. The van der Waals surface area contributed by atoms with Crippen molar-refractivity contribution >= 4 is 22.4 Å². The van der Waals surface area contributed by atoms with Crippen molar-refractivity contribution in [3.8, 4) is 5.88 Å². The van der Waals surface area contributed by atoms with Gasteiger partial charge in [0.2, 0.25) is 5.88 Å². The molecular formula is C19H18N2O3. The van der Waals surface area contributed by atoms with Crippen LogP contribution in [0.1, 0.15) is 18.1 Å². The van der Waals surface area contributed by atoms with Crippen LogP contribution < -0.4 is 4.74 Å². The van der Waals surface area contributed by atoms with Gasteiger partial charge in [0.25, 0.3) is 0 Å². The molecule has 2 aromatic carbocycles. The van der Waals surface area contributed by atoms with E-state index in [2.05, 4.69) is 10.2 Å². The molecule has 3 rings (SSSR count). The molecule has 1 heterocycles. The van der Waals surface area contributed by atoms with Gasteiger partial charge in [0.15, 0.2) is 0 Å². The summed E-state index contributed by atoms with van der Waals surface area (Å²) in [4.78, 5) is 12.0. The first kappa shape index (κ1) is 15.8. The standard InChI is InChI=1S/C19H18N2O3/c1-3-24-18(22)12-16(13-7-5-4-6-8-13)14-9-10-15-17(11-14)20-21-19(15)23-2/h4-12H,3H2,1-2H3,(H,20,21)/b16-12+. The molecular weight excluding hydrogens is 304 g/mol. The Balaban J connectivity index is 2.10. The summed E-state index contributed by atoms with van der Waals surface area (Å²) < 4.78 is 10.3. The Kier molecular flexibility index (Phi) is 4.61. The molecule has 0 spiro atoms. The summed E-state index contributed by atoms with van der Waals surface area (Å²) in [6.07, 6.45) is 1.52. The lowest BCUT2D eigenvalue weighted by Gasteiger charge is -2.09. The number of hydrogen-bond donors (Lipinski definition) is 1. The summed E-state index contributed by atoms with van der Waals surface area (Å²) in [5, 5.41) is 7.96. The van der Waals surface area contributed by atoms with E-state index in [1.54, 1.807) is 14.0 Å². The van der Waals surface area contributed by atoms with Crippen LogP contribution in [0.25, 0.3) is 16.5 Å². The van der Waals surface area contributed by atoms with Gasteiger partial charge in [-0.05, 0) is 35.8 Å². The Morgan fingerprint density at radius 2 is 1.96 bits per heavy atom. The quantitative estimate of drug-likeness (QED) is 0.576. The fraction of sp³-hybridized carbons (Fsp3) is 0.158. The first-order valence-corrected chi connectivity index (χ1v) is 7.69. The van der Waals surface area contributed by atoms with E-state index in [0.29, 0.717) is 12.5 Å². The first-order chi connectivity index (χ1) is 11.7. The molecule has 5 heteroatoms. The van der Waals surface area contributed by atoms with Gasteiger partial charge < -0.3 is 9.47 Å². The van der Waals surface area contributed by atoms with Crippen LogP contribution in [0.4, 0.5) is 0 Å². The van der Waals surface area contributed by atoms with Crippen molar-refractivity contribution < 1.29 is 14.3 Å². The number of carbonyl (C=O) groups excluding carboxylic acids is 1. The molecule has 0 fully saturated rings. The van der Waals surface area contributed by atoms with Crippen molar-refractivity contribution in [2.24, 2.45) is 0 Å². The molecule has 3 aromatic rings. The maximum atomic E-state index is 12.0. The van der Waals surface area contributed by atoms with E-state index < -0.39 is 0 Å². The molecule has 1 N–H and O–H groups in total. The van der Waals surface area contributed by atoms with Crippen molar-refractivity contribution in [3.05, 3.63) is 65.7 Å². The van der Waals surface area contributed by atoms with Crippen molar-refractivity contribution in [3.63, 3.8) is 0 Å². The van der Waals surface area contributed by atoms with Crippen molar-refractivity contribution in [2.75, 3.05) is 13.7 Å². The molecule has 1 aromatic heterocycles. The summed E-state index contributed by atoms with van der Waals surface area (Å²) >= 11 is 0. The molecule has 0 atom stereocenters. The molecule has 0 saturated carbocycles. The molecule has 122 valence electrons. The third kappa shape index (κ3) is 3.15. The number of ether oxygens (including phenoxy) is 2. The summed E-state index contributed by atoms with van der Waals surface area (Å²) in [6.45, 7) is 2.13. The minimum Gasteiger partial charge on any atom is -0.480 e. The maximum absolute atomic E-state index is 12.0. The molecule has 0 radical (unpaired) electrons. The van der Waals surface area contributed by atoms with Crippen LogP contribution in [-0.2, 0) is 9.53 Å². The predicted molar refractivity (Wildman–Crippen MR) is 92.8 cm³/mol. The zero-order chi connectivity index (χ0) is 16.9. The normalized spacial score (nSPS) is 11.5. The molecule has 0 aliphatic carbocycles. The number of nitrogens with zero attached hydrogens (tertiary/aromatic N) is 1. The zero-order valence-corrected chi connectivity index (χ0v) is 13.6. The van der Waals surface area contributed by atoms with Crippen LogP contribution in [0.3, 0.4) is 0 Å². The van der Waals surface area contributed by atoms with Gasteiger partial charge in [-0.3, -0.25) is 5.10 Å². The highest BCUT2D eigenvalue weighted by Gasteiger charge is 2.12. The zero-order valence-electron chi connectivity index (χ0n) is 13.6. The number of nitrogens with one attached hydrogen (secondary N) is 1. The number of benzene rings is 2. The van der Waals surface area contributed by atoms with E-state index in [1.807, 2.05) is 48.5 Å². The van der Waals surface area contributed by atoms with E-state index in [0.717, 1.165) is 27.6 Å². The van der Waals surface area contributed by atoms with E-state index in [9.17, 15) is 4.79 Å². The molecule has 0 saturated heterocycles. The predicted octanol–water partition coefficient (Wildman–Crippen LogP) is 3.57. The van der Waals surface area contributed by atoms with Crippen molar-refractivity contribution in [1.29, 1.82) is 0 Å². The second kappa shape index (κ2) is 7.00. The smallest absolute Gasteiger partial charge is 0.331 e. The number of rotatable bonds is 5. The van der Waals surface area contributed by atoms with Crippen LogP contribution in [-0.4, -0.2) is 29.9 Å². The van der Waals surface area contributed by atoms with E-state index in [1.165, 1.54) is 6.08 Å². The minimum atomic E-state index is -0.362. The second-order valence-electron chi connectivity index (χ2n) is 5.17. The summed E-state index contributed by atoms with van der Waals surface area (Å²) in [5.74, 6) is 0.186. The van der Waals surface area contributed by atoms with Gasteiger partial charge in [-0.25, -0.2) is 4.79 Å². The number of carbonyl (C=O) groups is 1. The summed E-state index contributed by atoms with van der Waals surface area (Å²) in [5.41, 5.74) is 3.48. The average molecular weight is 322 g/mol. The highest BCUT2D eigenvalue weighted by atomic mass is 16.5. The third-order valence-electron chi connectivity index (χ3n) is 3.67. The summed E-state index contributed by atoms with van der Waals surface area (Å²) in [6, 6.07) is 15.6. The fourth-order valence-corrected chi connectivity index (χ4v) is 2.57. The number of H-pyrrole nitrogens is 1. The number of methoxy groups -OCH3 is 1. The topological polar surface area (TPSA) is 64.2 Å². The van der Waals surface area contributed by atoms with Crippen LogP contribution in [0.15, 0.2) is 54.6 Å². The Labute approximate surface area is 139 Å². The summed E-state index contributed by atoms with van der Waals surface area (Å²) in [7, 11) is 1.58. The Hall–Kier alpha value is -3.08. The van der Waals surface area contributed by atoms with Crippen LogP contribution in [0.2, 0.25) is 0 Å². The van der Waals surface area contributed by atoms with Gasteiger partial charge in [-0.1, -0.05) is 36.4 Å². The van der Waals surface area contributed by atoms with E-state index in [-0.39, 0.29) is 5.97 Å². The van der Waals surface area contributed by atoms with Crippen LogP contribution in [0.5, 0.6) is 5.88 Å². The third-order valence-corrected chi connectivity index (χ3v) is 3.67. The molecule has 24 heavy (non-hydrogen) atoms. The van der Waals surface area contributed by atoms with Gasteiger partial charge in [-0.2, -0.15) is 0 Å².